The summed E-state index contributed by atoms with van der Waals surface area (Å²) in [6.07, 6.45) is 0. The van der Waals surface area contributed by atoms with Crippen LogP contribution in [0.2, 0.25) is 10.0 Å². The van der Waals surface area contributed by atoms with Crippen molar-refractivity contribution in [3.63, 3.8) is 0 Å². The van der Waals surface area contributed by atoms with Crippen LogP contribution in [-0.2, 0) is 0 Å². The predicted molar refractivity (Wildman–Crippen MR) is 79.4 cm³/mol. The zero-order chi connectivity index (χ0) is 14.3. The minimum absolute atomic E-state index is 0.0276. The zero-order valence-corrected chi connectivity index (χ0v) is 11.6. The smallest absolute Gasteiger partial charge is 0.163 e. The molecular formula is C14H8Cl2FN3. The maximum absolute atomic E-state index is 13.5. The Balaban J connectivity index is 2.28. The van der Waals surface area contributed by atoms with Gasteiger partial charge in [-0.25, -0.2) is 14.4 Å². The van der Waals surface area contributed by atoms with Crippen LogP contribution in [-0.4, -0.2) is 9.97 Å². The molecule has 100 valence electrons. The van der Waals surface area contributed by atoms with Crippen molar-refractivity contribution in [1.82, 2.24) is 9.97 Å². The molecule has 0 radical (unpaired) electrons. The van der Waals surface area contributed by atoms with E-state index >= 15 is 0 Å². The van der Waals surface area contributed by atoms with Crippen molar-refractivity contribution >= 4 is 39.9 Å². The second kappa shape index (κ2) is 4.89. The van der Waals surface area contributed by atoms with Crippen LogP contribution in [0.4, 0.5) is 10.2 Å². The molecule has 1 aromatic heterocycles. The number of nitrogens with two attached hydrogens (primary N) is 1. The molecule has 1 heterocycles. The van der Waals surface area contributed by atoms with Gasteiger partial charge in [0.15, 0.2) is 5.82 Å². The molecule has 20 heavy (non-hydrogen) atoms. The van der Waals surface area contributed by atoms with Gasteiger partial charge in [-0.05, 0) is 30.3 Å². The van der Waals surface area contributed by atoms with Crippen molar-refractivity contribution in [3.05, 3.63) is 52.3 Å². The van der Waals surface area contributed by atoms with Gasteiger partial charge in [0.05, 0.1) is 10.5 Å². The number of fused-ring (bicyclic) bond motifs is 1. The van der Waals surface area contributed by atoms with Crippen LogP contribution in [0.3, 0.4) is 0 Å². The van der Waals surface area contributed by atoms with Crippen LogP contribution in [0, 0.1) is 5.82 Å². The fourth-order valence-corrected chi connectivity index (χ4v) is 2.30. The molecule has 0 amide bonds. The van der Waals surface area contributed by atoms with Crippen LogP contribution in [0.5, 0.6) is 0 Å². The van der Waals surface area contributed by atoms with Gasteiger partial charge in [-0.3, -0.25) is 0 Å². The Hall–Kier alpha value is -1.91. The van der Waals surface area contributed by atoms with Gasteiger partial charge in [0.1, 0.15) is 11.6 Å². The van der Waals surface area contributed by atoms with E-state index in [0.29, 0.717) is 21.5 Å². The van der Waals surface area contributed by atoms with E-state index in [1.54, 1.807) is 30.3 Å². The normalized spacial score (nSPS) is 10.9. The first-order chi connectivity index (χ1) is 9.56. The lowest BCUT2D eigenvalue weighted by atomic mass is 10.1. The van der Waals surface area contributed by atoms with Gasteiger partial charge < -0.3 is 5.73 Å². The van der Waals surface area contributed by atoms with Crippen molar-refractivity contribution in [2.45, 2.75) is 0 Å². The Labute approximate surface area is 124 Å². The topological polar surface area (TPSA) is 51.8 Å². The fraction of sp³-hybridized carbons (Fsp3) is 0. The van der Waals surface area contributed by atoms with Gasteiger partial charge in [0.2, 0.25) is 0 Å². The zero-order valence-electron chi connectivity index (χ0n) is 10.1. The SMILES string of the molecule is Nc1nc(-c2cccc(F)c2Cl)nc2ccc(Cl)cc12. The third-order valence-corrected chi connectivity index (χ3v) is 3.50. The fourth-order valence-electron chi connectivity index (χ4n) is 1.92. The molecule has 0 spiro atoms. The number of halogens is 3. The van der Waals surface area contributed by atoms with E-state index in [2.05, 4.69) is 9.97 Å². The molecule has 0 bridgehead atoms. The Kier molecular flexibility index (Phi) is 3.20. The Morgan fingerprint density at radius 1 is 1.05 bits per heavy atom. The summed E-state index contributed by atoms with van der Waals surface area (Å²) in [5.41, 5.74) is 6.93. The lowest BCUT2D eigenvalue weighted by Gasteiger charge is -2.07. The molecule has 0 aliphatic rings. The summed E-state index contributed by atoms with van der Waals surface area (Å²) in [7, 11) is 0. The molecule has 3 rings (SSSR count). The molecule has 6 heteroatoms. The third-order valence-electron chi connectivity index (χ3n) is 2.88. The van der Waals surface area contributed by atoms with Crippen molar-refractivity contribution < 1.29 is 4.39 Å². The second-order valence-electron chi connectivity index (χ2n) is 4.20. The summed E-state index contributed by atoms with van der Waals surface area (Å²) in [5.74, 6) is 0.0252. The Morgan fingerprint density at radius 2 is 1.85 bits per heavy atom. The number of hydrogen-bond donors (Lipinski definition) is 1. The average Bonchev–Trinajstić information content (AvgIpc) is 2.42. The van der Waals surface area contributed by atoms with E-state index in [1.807, 2.05) is 0 Å². The maximum Gasteiger partial charge on any atom is 0.163 e. The average molecular weight is 308 g/mol. The molecule has 0 atom stereocenters. The summed E-state index contributed by atoms with van der Waals surface area (Å²) in [6, 6.07) is 9.57. The Morgan fingerprint density at radius 3 is 2.65 bits per heavy atom. The first kappa shape index (κ1) is 13.1. The predicted octanol–water partition coefficient (Wildman–Crippen LogP) is 4.32. The van der Waals surface area contributed by atoms with Crippen LogP contribution in [0.15, 0.2) is 36.4 Å². The molecule has 3 nitrogen and oxygen atoms in total. The molecule has 0 fully saturated rings. The maximum atomic E-state index is 13.5. The highest BCUT2D eigenvalue weighted by Crippen LogP contribution is 2.30. The van der Waals surface area contributed by atoms with Crippen molar-refractivity contribution in [2.24, 2.45) is 0 Å². The van der Waals surface area contributed by atoms with E-state index < -0.39 is 5.82 Å². The van der Waals surface area contributed by atoms with Gasteiger partial charge in [-0.2, -0.15) is 0 Å². The standard InChI is InChI=1S/C14H8Cl2FN3/c15-7-4-5-11-9(6-7)13(18)20-14(19-11)8-2-1-3-10(17)12(8)16/h1-6H,(H2,18,19,20). The van der Waals surface area contributed by atoms with Gasteiger partial charge >= 0.3 is 0 Å². The molecular weight excluding hydrogens is 300 g/mol. The molecule has 0 aliphatic carbocycles. The summed E-state index contributed by atoms with van der Waals surface area (Å²) >= 11 is 11.9. The van der Waals surface area contributed by atoms with Crippen molar-refractivity contribution in [2.75, 3.05) is 5.73 Å². The first-order valence-corrected chi connectivity index (χ1v) is 6.49. The van der Waals surface area contributed by atoms with Crippen molar-refractivity contribution in [3.8, 4) is 11.4 Å². The number of aromatic nitrogens is 2. The largest absolute Gasteiger partial charge is 0.383 e. The van der Waals surface area contributed by atoms with E-state index in [4.69, 9.17) is 28.9 Å². The minimum Gasteiger partial charge on any atom is -0.383 e. The van der Waals surface area contributed by atoms with E-state index in [-0.39, 0.29) is 16.7 Å². The molecule has 0 saturated heterocycles. The van der Waals surface area contributed by atoms with Crippen molar-refractivity contribution in [1.29, 1.82) is 0 Å². The Bertz CT molecular complexity index is 821. The first-order valence-electron chi connectivity index (χ1n) is 5.73. The van der Waals surface area contributed by atoms with E-state index in [1.165, 1.54) is 6.07 Å². The van der Waals surface area contributed by atoms with Gasteiger partial charge in [-0.1, -0.05) is 29.3 Å². The number of hydrogen-bond acceptors (Lipinski definition) is 3. The van der Waals surface area contributed by atoms with Crippen LogP contribution in [0.25, 0.3) is 22.3 Å². The number of nitrogens with zero attached hydrogens (tertiary/aromatic N) is 2. The molecule has 0 unspecified atom stereocenters. The summed E-state index contributed by atoms with van der Waals surface area (Å²) < 4.78 is 13.5. The lowest BCUT2D eigenvalue weighted by Crippen LogP contribution is -1.98. The molecule has 0 aliphatic heterocycles. The van der Waals surface area contributed by atoms with E-state index in [9.17, 15) is 4.39 Å². The highest BCUT2D eigenvalue weighted by molar-refractivity contribution is 6.33. The van der Waals surface area contributed by atoms with Crippen LogP contribution in [0.1, 0.15) is 0 Å². The van der Waals surface area contributed by atoms with Gasteiger partial charge in [0, 0.05) is 16.0 Å². The summed E-state index contributed by atoms with van der Waals surface area (Å²) in [4.78, 5) is 8.52. The highest BCUT2D eigenvalue weighted by atomic mass is 35.5. The monoisotopic (exact) mass is 307 g/mol. The minimum atomic E-state index is -0.525. The number of benzene rings is 2. The second-order valence-corrected chi connectivity index (χ2v) is 5.01. The molecule has 0 saturated carbocycles. The molecule has 2 N–H and O–H groups in total. The van der Waals surface area contributed by atoms with E-state index in [0.717, 1.165) is 0 Å². The number of anilines is 1. The summed E-state index contributed by atoms with van der Waals surface area (Å²) in [6.45, 7) is 0. The molecule has 3 aromatic rings. The van der Waals surface area contributed by atoms with Gasteiger partial charge in [-0.15, -0.1) is 0 Å². The molecule has 2 aromatic carbocycles. The number of nitrogen functional groups attached to an aromatic ring is 1. The van der Waals surface area contributed by atoms with Gasteiger partial charge in [0.25, 0.3) is 0 Å². The van der Waals surface area contributed by atoms with Crippen LogP contribution >= 0.6 is 23.2 Å². The third kappa shape index (κ3) is 2.17. The highest BCUT2D eigenvalue weighted by Gasteiger charge is 2.13. The van der Waals surface area contributed by atoms with Crippen LogP contribution < -0.4 is 5.73 Å². The summed E-state index contributed by atoms with van der Waals surface area (Å²) in [5, 5.41) is 1.17. The quantitative estimate of drug-likeness (QED) is 0.728. The lowest BCUT2D eigenvalue weighted by molar-refractivity contribution is 0.628. The number of rotatable bonds is 1.